The topological polar surface area (TPSA) is 41.5 Å². The van der Waals surface area contributed by atoms with E-state index >= 15 is 0 Å². The van der Waals surface area contributed by atoms with Gasteiger partial charge in [0.25, 0.3) is 0 Å². The van der Waals surface area contributed by atoms with Crippen LogP contribution in [0.15, 0.2) is 42.5 Å². The summed E-state index contributed by atoms with van der Waals surface area (Å²) in [6.07, 6.45) is 3.14. The van der Waals surface area contributed by atoms with E-state index in [0.29, 0.717) is 6.61 Å². The quantitative estimate of drug-likeness (QED) is 0.570. The molecular weight excluding hydrogens is 190 g/mol. The van der Waals surface area contributed by atoms with E-state index in [2.05, 4.69) is 5.32 Å². The molecule has 3 heteroatoms. The van der Waals surface area contributed by atoms with Crippen LogP contribution in [0.2, 0.25) is 0 Å². The van der Waals surface area contributed by atoms with Gasteiger partial charge in [-0.1, -0.05) is 42.5 Å². The summed E-state index contributed by atoms with van der Waals surface area (Å²) >= 11 is 0. The van der Waals surface area contributed by atoms with Gasteiger partial charge in [-0.2, -0.15) is 0 Å². The molecule has 1 aromatic rings. The van der Waals surface area contributed by atoms with Crippen LogP contribution in [-0.4, -0.2) is 24.0 Å². The molecular formula is C12H15NO2. The van der Waals surface area contributed by atoms with Crippen molar-refractivity contribution >= 4 is 0 Å². The molecule has 0 saturated heterocycles. The van der Waals surface area contributed by atoms with Crippen molar-refractivity contribution in [1.82, 2.24) is 5.32 Å². The van der Waals surface area contributed by atoms with Crippen molar-refractivity contribution in [2.24, 2.45) is 0 Å². The third kappa shape index (κ3) is 2.89. The average molecular weight is 205 g/mol. The Labute approximate surface area is 89.4 Å². The number of rotatable bonds is 4. The number of nitrogens with one attached hydrogen (secondary N) is 1. The van der Waals surface area contributed by atoms with E-state index < -0.39 is 6.29 Å². The van der Waals surface area contributed by atoms with E-state index in [1.54, 1.807) is 0 Å². The average Bonchev–Trinajstić information content (AvgIpc) is 2.81. The summed E-state index contributed by atoms with van der Waals surface area (Å²) in [6.45, 7) is 1.24. The number of benzene rings is 1. The SMILES string of the molecule is OC(OCc1ccccc1)[C@@H]1C=CCN1. The Bertz CT molecular complexity index is 324. The zero-order valence-corrected chi connectivity index (χ0v) is 8.47. The molecule has 80 valence electrons. The smallest absolute Gasteiger partial charge is 0.174 e. The highest BCUT2D eigenvalue weighted by Gasteiger charge is 2.18. The molecule has 1 heterocycles. The van der Waals surface area contributed by atoms with Gasteiger partial charge in [0.15, 0.2) is 6.29 Å². The second-order valence-corrected chi connectivity index (χ2v) is 3.55. The Morgan fingerprint density at radius 3 is 2.87 bits per heavy atom. The van der Waals surface area contributed by atoms with E-state index in [0.717, 1.165) is 12.1 Å². The lowest BCUT2D eigenvalue weighted by Crippen LogP contribution is -2.36. The lowest BCUT2D eigenvalue weighted by Gasteiger charge is -2.17. The van der Waals surface area contributed by atoms with Crippen LogP contribution in [-0.2, 0) is 11.3 Å². The van der Waals surface area contributed by atoms with Crippen LogP contribution < -0.4 is 5.32 Å². The molecule has 2 atom stereocenters. The van der Waals surface area contributed by atoms with Gasteiger partial charge in [0, 0.05) is 6.54 Å². The second kappa shape index (κ2) is 5.07. The van der Waals surface area contributed by atoms with Crippen molar-refractivity contribution in [1.29, 1.82) is 0 Å². The fourth-order valence-corrected chi connectivity index (χ4v) is 1.54. The van der Waals surface area contributed by atoms with Crippen LogP contribution >= 0.6 is 0 Å². The molecule has 0 saturated carbocycles. The molecule has 1 aliphatic rings. The molecule has 2 rings (SSSR count). The first-order valence-electron chi connectivity index (χ1n) is 5.10. The molecule has 3 nitrogen and oxygen atoms in total. The fourth-order valence-electron chi connectivity index (χ4n) is 1.54. The fraction of sp³-hybridized carbons (Fsp3) is 0.333. The van der Waals surface area contributed by atoms with Crippen LogP contribution in [0.1, 0.15) is 5.56 Å². The third-order valence-corrected chi connectivity index (χ3v) is 2.39. The highest BCUT2D eigenvalue weighted by Crippen LogP contribution is 2.07. The minimum Gasteiger partial charge on any atom is -0.366 e. The Morgan fingerprint density at radius 2 is 2.20 bits per heavy atom. The van der Waals surface area contributed by atoms with Gasteiger partial charge in [0.05, 0.1) is 12.6 Å². The summed E-state index contributed by atoms with van der Waals surface area (Å²) in [7, 11) is 0. The molecule has 0 aliphatic carbocycles. The van der Waals surface area contributed by atoms with E-state index in [4.69, 9.17) is 4.74 Å². The van der Waals surface area contributed by atoms with Crippen LogP contribution in [0.5, 0.6) is 0 Å². The predicted octanol–water partition coefficient (Wildman–Crippen LogP) is 1.05. The van der Waals surface area contributed by atoms with Gasteiger partial charge in [0.2, 0.25) is 0 Å². The molecule has 1 aliphatic heterocycles. The van der Waals surface area contributed by atoms with Crippen LogP contribution in [0.3, 0.4) is 0 Å². The summed E-state index contributed by atoms with van der Waals surface area (Å²) in [5.41, 5.74) is 1.07. The molecule has 0 amide bonds. The summed E-state index contributed by atoms with van der Waals surface area (Å²) in [5, 5.41) is 12.8. The van der Waals surface area contributed by atoms with Gasteiger partial charge in [-0.05, 0) is 5.56 Å². The Kier molecular flexibility index (Phi) is 3.50. The molecule has 15 heavy (non-hydrogen) atoms. The number of ether oxygens (including phenoxy) is 1. The Balaban J connectivity index is 1.80. The largest absolute Gasteiger partial charge is 0.366 e. The first-order valence-corrected chi connectivity index (χ1v) is 5.10. The van der Waals surface area contributed by atoms with Crippen LogP contribution in [0, 0.1) is 0 Å². The second-order valence-electron chi connectivity index (χ2n) is 3.55. The highest BCUT2D eigenvalue weighted by atomic mass is 16.6. The minimum absolute atomic E-state index is 0.0753. The van der Waals surface area contributed by atoms with Crippen molar-refractivity contribution in [2.75, 3.05) is 6.54 Å². The summed E-state index contributed by atoms with van der Waals surface area (Å²) in [6, 6.07) is 9.75. The van der Waals surface area contributed by atoms with Gasteiger partial charge in [0.1, 0.15) is 0 Å². The standard InChI is InChI=1S/C12H15NO2/c14-12(11-7-4-8-13-11)15-9-10-5-2-1-3-6-10/h1-7,11-14H,8-9H2/t11-,12?/m0/s1. The molecule has 0 bridgehead atoms. The van der Waals surface area contributed by atoms with Crippen molar-refractivity contribution < 1.29 is 9.84 Å². The zero-order valence-electron chi connectivity index (χ0n) is 8.47. The van der Waals surface area contributed by atoms with E-state index in [9.17, 15) is 5.11 Å². The summed E-state index contributed by atoms with van der Waals surface area (Å²) in [4.78, 5) is 0. The molecule has 0 spiro atoms. The first kappa shape index (κ1) is 10.4. The van der Waals surface area contributed by atoms with Gasteiger partial charge in [-0.25, -0.2) is 0 Å². The summed E-state index contributed by atoms with van der Waals surface area (Å²) < 4.78 is 5.35. The molecule has 1 unspecified atom stereocenters. The van der Waals surface area contributed by atoms with E-state index in [-0.39, 0.29) is 6.04 Å². The zero-order chi connectivity index (χ0) is 10.5. The number of aliphatic hydroxyl groups excluding tert-OH is 1. The van der Waals surface area contributed by atoms with Crippen molar-refractivity contribution in [3.63, 3.8) is 0 Å². The third-order valence-electron chi connectivity index (χ3n) is 2.39. The van der Waals surface area contributed by atoms with Crippen LogP contribution in [0.25, 0.3) is 0 Å². The lowest BCUT2D eigenvalue weighted by molar-refractivity contribution is -0.117. The monoisotopic (exact) mass is 205 g/mol. The maximum absolute atomic E-state index is 9.67. The van der Waals surface area contributed by atoms with E-state index in [1.165, 1.54) is 0 Å². The Hall–Kier alpha value is -1.16. The van der Waals surface area contributed by atoms with Crippen molar-refractivity contribution in [3.05, 3.63) is 48.0 Å². The highest BCUT2D eigenvalue weighted by molar-refractivity contribution is 5.13. The van der Waals surface area contributed by atoms with Gasteiger partial charge >= 0.3 is 0 Å². The van der Waals surface area contributed by atoms with Crippen LogP contribution in [0.4, 0.5) is 0 Å². The first-order chi connectivity index (χ1) is 7.36. The van der Waals surface area contributed by atoms with Gasteiger partial charge in [-0.15, -0.1) is 0 Å². The normalized spacial score (nSPS) is 21.8. The van der Waals surface area contributed by atoms with Crippen molar-refractivity contribution in [2.45, 2.75) is 18.9 Å². The maximum atomic E-state index is 9.67. The van der Waals surface area contributed by atoms with Gasteiger partial charge in [-0.3, -0.25) is 0 Å². The maximum Gasteiger partial charge on any atom is 0.174 e. The van der Waals surface area contributed by atoms with Gasteiger partial charge < -0.3 is 15.2 Å². The molecule has 1 aromatic carbocycles. The van der Waals surface area contributed by atoms with Crippen molar-refractivity contribution in [3.8, 4) is 0 Å². The predicted molar refractivity (Wildman–Crippen MR) is 58.2 cm³/mol. The number of hydrogen-bond donors (Lipinski definition) is 2. The molecule has 2 N–H and O–H groups in total. The molecule has 0 fully saturated rings. The Morgan fingerprint density at radius 1 is 1.40 bits per heavy atom. The minimum atomic E-state index is -0.774. The van der Waals surface area contributed by atoms with E-state index in [1.807, 2.05) is 42.5 Å². The number of aliphatic hydroxyl groups is 1. The molecule has 0 radical (unpaired) electrons. The number of hydrogen-bond acceptors (Lipinski definition) is 3. The lowest BCUT2D eigenvalue weighted by atomic mass is 10.2. The molecule has 0 aromatic heterocycles. The summed E-state index contributed by atoms with van der Waals surface area (Å²) in [5.74, 6) is 0.